The largest absolute Gasteiger partial charge is 0.383 e. The van der Waals surface area contributed by atoms with E-state index in [1.54, 1.807) is 19.6 Å². The number of nitrogens with zero attached hydrogens (tertiary/aromatic N) is 5. The molecule has 1 saturated heterocycles. The van der Waals surface area contributed by atoms with Gasteiger partial charge < -0.3 is 15.0 Å². The highest BCUT2D eigenvalue weighted by atomic mass is 16.5. The van der Waals surface area contributed by atoms with Crippen LogP contribution in [-0.2, 0) is 9.53 Å². The zero-order valence-electron chi connectivity index (χ0n) is 17.7. The molecule has 0 radical (unpaired) electrons. The number of nitrogens with one attached hydrogen (secondary N) is 1. The van der Waals surface area contributed by atoms with Crippen LogP contribution in [0.2, 0.25) is 0 Å². The van der Waals surface area contributed by atoms with Crippen molar-refractivity contribution in [1.82, 2.24) is 30.0 Å². The number of amides is 1. The Morgan fingerprint density at radius 2 is 2.13 bits per heavy atom. The zero-order chi connectivity index (χ0) is 20.8. The van der Waals surface area contributed by atoms with Gasteiger partial charge >= 0.3 is 0 Å². The second-order valence-corrected chi connectivity index (χ2v) is 8.45. The highest BCUT2D eigenvalue weighted by Crippen LogP contribution is 2.30. The van der Waals surface area contributed by atoms with E-state index in [9.17, 15) is 4.79 Å². The first-order chi connectivity index (χ1) is 14.7. The number of carbonyl (C=O) groups excluding carboxylic acids is 1. The summed E-state index contributed by atoms with van der Waals surface area (Å²) in [6.07, 6.45) is 13.4. The van der Waals surface area contributed by atoms with Gasteiger partial charge in [-0.05, 0) is 51.1 Å². The highest BCUT2D eigenvalue weighted by Gasteiger charge is 2.29. The minimum atomic E-state index is 0.106. The molecule has 1 saturated carbocycles. The van der Waals surface area contributed by atoms with Crippen LogP contribution in [0.15, 0.2) is 31.0 Å². The van der Waals surface area contributed by atoms with E-state index in [0.29, 0.717) is 6.04 Å². The van der Waals surface area contributed by atoms with E-state index in [4.69, 9.17) is 4.74 Å². The lowest BCUT2D eigenvalue weighted by molar-refractivity contribution is -0.127. The van der Waals surface area contributed by atoms with Crippen molar-refractivity contribution in [2.75, 3.05) is 33.4 Å². The third kappa shape index (κ3) is 5.23. The van der Waals surface area contributed by atoms with Crippen molar-refractivity contribution >= 4 is 5.91 Å². The molecule has 4 rings (SSSR count). The highest BCUT2D eigenvalue weighted by molar-refractivity contribution is 5.79. The number of likely N-dealkylation sites (tertiary alicyclic amines) is 1. The Hall–Kier alpha value is -2.32. The van der Waals surface area contributed by atoms with E-state index in [0.717, 1.165) is 76.0 Å². The van der Waals surface area contributed by atoms with Crippen molar-refractivity contribution in [3.63, 3.8) is 0 Å². The van der Waals surface area contributed by atoms with Crippen LogP contribution >= 0.6 is 0 Å². The fraction of sp³-hybridized carbons (Fsp3) is 0.636. The second-order valence-electron chi connectivity index (χ2n) is 8.45. The molecule has 1 aliphatic heterocycles. The molecular weight excluding hydrogens is 380 g/mol. The van der Waals surface area contributed by atoms with Crippen molar-refractivity contribution in [3.8, 4) is 11.3 Å². The normalized spacial score (nSPS) is 25.2. The predicted octanol–water partition coefficient (Wildman–Crippen LogP) is 2.30. The molecule has 1 amide bonds. The van der Waals surface area contributed by atoms with E-state index in [2.05, 4.69) is 36.2 Å². The van der Waals surface area contributed by atoms with Gasteiger partial charge in [-0.3, -0.25) is 9.48 Å². The number of aromatic nitrogens is 4. The summed E-state index contributed by atoms with van der Waals surface area (Å²) >= 11 is 0. The van der Waals surface area contributed by atoms with Crippen molar-refractivity contribution in [2.24, 2.45) is 5.92 Å². The minimum Gasteiger partial charge on any atom is -0.383 e. The summed E-state index contributed by atoms with van der Waals surface area (Å²) in [5.41, 5.74) is 1.91. The Labute approximate surface area is 178 Å². The van der Waals surface area contributed by atoms with Gasteiger partial charge in [0.05, 0.1) is 30.5 Å². The molecule has 8 nitrogen and oxygen atoms in total. The van der Waals surface area contributed by atoms with Gasteiger partial charge in [-0.2, -0.15) is 5.10 Å². The number of methoxy groups -OCH3 is 1. The zero-order valence-corrected chi connectivity index (χ0v) is 17.7. The molecule has 0 bridgehead atoms. The molecule has 0 spiro atoms. The standard InChI is InChI=1S/C22H32N6O2/c1-30-12-11-27-10-2-3-17(14-27)22(29)26-19-4-6-20(7-5-19)28-15-18(13-25-28)21-8-9-23-16-24-21/h8-9,13,15-17,19-20H,2-7,10-12,14H2,1H3,(H,26,29). The lowest BCUT2D eigenvalue weighted by Crippen LogP contribution is -2.47. The third-order valence-electron chi connectivity index (χ3n) is 6.38. The molecule has 1 N–H and O–H groups in total. The molecule has 30 heavy (non-hydrogen) atoms. The summed E-state index contributed by atoms with van der Waals surface area (Å²) < 4.78 is 7.24. The van der Waals surface area contributed by atoms with Gasteiger partial charge in [-0.25, -0.2) is 9.97 Å². The lowest BCUT2D eigenvalue weighted by atomic mass is 9.90. The van der Waals surface area contributed by atoms with Crippen LogP contribution in [-0.4, -0.2) is 69.9 Å². The number of carbonyl (C=O) groups is 1. The molecule has 1 aliphatic carbocycles. The third-order valence-corrected chi connectivity index (χ3v) is 6.38. The van der Waals surface area contributed by atoms with Gasteiger partial charge in [0.15, 0.2) is 0 Å². The Bertz CT molecular complexity index is 803. The molecule has 3 heterocycles. The summed E-state index contributed by atoms with van der Waals surface area (Å²) in [6, 6.07) is 2.56. The molecule has 8 heteroatoms. The van der Waals surface area contributed by atoms with Crippen molar-refractivity contribution in [1.29, 1.82) is 0 Å². The molecular formula is C22H32N6O2. The summed E-state index contributed by atoms with van der Waals surface area (Å²) in [7, 11) is 1.73. The maximum atomic E-state index is 12.8. The van der Waals surface area contributed by atoms with Crippen LogP contribution in [0.4, 0.5) is 0 Å². The van der Waals surface area contributed by atoms with E-state index < -0.39 is 0 Å². The first-order valence-corrected chi connectivity index (χ1v) is 11.0. The minimum absolute atomic E-state index is 0.106. The van der Waals surface area contributed by atoms with Crippen LogP contribution in [0.1, 0.15) is 44.6 Å². The summed E-state index contributed by atoms with van der Waals surface area (Å²) in [4.78, 5) is 23.4. The smallest absolute Gasteiger partial charge is 0.224 e. The molecule has 1 atom stereocenters. The summed E-state index contributed by atoms with van der Waals surface area (Å²) in [5, 5.41) is 7.89. The number of rotatable bonds is 7. The molecule has 0 aromatic carbocycles. The first-order valence-electron chi connectivity index (χ1n) is 11.0. The van der Waals surface area contributed by atoms with Crippen LogP contribution in [0.25, 0.3) is 11.3 Å². The molecule has 162 valence electrons. The summed E-state index contributed by atoms with van der Waals surface area (Å²) in [5.74, 6) is 0.334. The first kappa shape index (κ1) is 20.9. The van der Waals surface area contributed by atoms with Gasteiger partial charge in [0.2, 0.25) is 5.91 Å². The Balaban J connectivity index is 1.25. The van der Waals surface area contributed by atoms with Crippen molar-refractivity contribution < 1.29 is 9.53 Å². The van der Waals surface area contributed by atoms with Crippen molar-refractivity contribution in [2.45, 2.75) is 50.6 Å². The molecule has 2 aliphatic rings. The van der Waals surface area contributed by atoms with Gasteiger partial charge in [0.25, 0.3) is 0 Å². The monoisotopic (exact) mass is 412 g/mol. The quantitative estimate of drug-likeness (QED) is 0.751. The number of hydrogen-bond donors (Lipinski definition) is 1. The topological polar surface area (TPSA) is 85.2 Å². The van der Waals surface area contributed by atoms with Gasteiger partial charge in [0, 0.05) is 44.2 Å². The Kier molecular flexibility index (Phi) is 7.07. The van der Waals surface area contributed by atoms with Crippen molar-refractivity contribution in [3.05, 3.63) is 31.0 Å². The van der Waals surface area contributed by atoms with Crippen LogP contribution in [0.3, 0.4) is 0 Å². The molecule has 2 fully saturated rings. The van der Waals surface area contributed by atoms with Gasteiger partial charge in [-0.1, -0.05) is 0 Å². The van der Waals surface area contributed by atoms with E-state index in [-0.39, 0.29) is 17.9 Å². The molecule has 1 unspecified atom stereocenters. The number of hydrogen-bond acceptors (Lipinski definition) is 6. The van der Waals surface area contributed by atoms with E-state index in [1.165, 1.54) is 0 Å². The Morgan fingerprint density at radius 3 is 2.90 bits per heavy atom. The predicted molar refractivity (Wildman–Crippen MR) is 114 cm³/mol. The average Bonchev–Trinajstić information content (AvgIpc) is 3.29. The SMILES string of the molecule is COCCN1CCCC(C(=O)NC2CCC(n3cc(-c4ccncn4)cn3)CC2)C1. The summed E-state index contributed by atoms with van der Waals surface area (Å²) in [6.45, 7) is 3.56. The van der Waals surface area contributed by atoms with Crippen LogP contribution in [0.5, 0.6) is 0 Å². The molecule has 2 aromatic rings. The van der Waals surface area contributed by atoms with Crippen LogP contribution in [0, 0.1) is 5.92 Å². The van der Waals surface area contributed by atoms with Gasteiger partial charge in [-0.15, -0.1) is 0 Å². The number of ether oxygens (including phenoxy) is 1. The second kappa shape index (κ2) is 10.1. The fourth-order valence-electron chi connectivity index (χ4n) is 4.63. The fourth-order valence-corrected chi connectivity index (χ4v) is 4.63. The Morgan fingerprint density at radius 1 is 1.27 bits per heavy atom. The van der Waals surface area contributed by atoms with Gasteiger partial charge in [0.1, 0.15) is 6.33 Å². The number of piperidine rings is 1. The average molecular weight is 413 g/mol. The maximum absolute atomic E-state index is 12.8. The lowest BCUT2D eigenvalue weighted by Gasteiger charge is -2.34. The maximum Gasteiger partial charge on any atom is 0.224 e. The molecule has 2 aromatic heterocycles. The van der Waals surface area contributed by atoms with Crippen LogP contribution < -0.4 is 5.32 Å². The van der Waals surface area contributed by atoms with E-state index in [1.807, 2.05) is 12.3 Å². The van der Waals surface area contributed by atoms with E-state index >= 15 is 0 Å².